The van der Waals surface area contributed by atoms with Gasteiger partial charge in [-0.2, -0.15) is 11.8 Å². The number of nitrogens with zero attached hydrogens (tertiary/aromatic N) is 1. The molecule has 0 N–H and O–H groups in total. The van der Waals surface area contributed by atoms with Crippen molar-refractivity contribution in [2.45, 2.75) is 38.2 Å². The van der Waals surface area contributed by atoms with E-state index in [1.165, 1.54) is 0 Å². The highest BCUT2D eigenvalue weighted by Crippen LogP contribution is 2.25. The van der Waals surface area contributed by atoms with Crippen LogP contribution in [0.3, 0.4) is 0 Å². The van der Waals surface area contributed by atoms with E-state index in [0.29, 0.717) is 16.4 Å². The highest BCUT2D eigenvalue weighted by Gasteiger charge is 2.26. The summed E-state index contributed by atoms with van der Waals surface area (Å²) >= 11 is 1.98. The molecule has 0 aromatic rings. The summed E-state index contributed by atoms with van der Waals surface area (Å²) in [4.78, 5) is 13.7. The summed E-state index contributed by atoms with van der Waals surface area (Å²) in [6.07, 6.45) is 0. The van der Waals surface area contributed by atoms with Gasteiger partial charge in [0.1, 0.15) is 0 Å². The van der Waals surface area contributed by atoms with Crippen LogP contribution in [0.25, 0.3) is 0 Å². The molecule has 3 heteroatoms. The SMILES string of the molecule is CC1CN(C(=O)C(C)C)CC(C)S1. The summed E-state index contributed by atoms with van der Waals surface area (Å²) < 4.78 is 0. The second kappa shape index (κ2) is 4.36. The number of rotatable bonds is 1. The Labute approximate surface area is 85.1 Å². The lowest BCUT2D eigenvalue weighted by Crippen LogP contribution is -2.45. The van der Waals surface area contributed by atoms with Gasteiger partial charge >= 0.3 is 0 Å². The lowest BCUT2D eigenvalue weighted by molar-refractivity contribution is -0.134. The third-order valence-corrected chi connectivity index (χ3v) is 3.45. The van der Waals surface area contributed by atoms with E-state index in [4.69, 9.17) is 0 Å². The van der Waals surface area contributed by atoms with Crippen LogP contribution in [0.1, 0.15) is 27.7 Å². The Morgan fingerprint density at radius 2 is 1.77 bits per heavy atom. The molecule has 0 bridgehead atoms. The Bertz CT molecular complexity index is 183. The fourth-order valence-electron chi connectivity index (χ4n) is 1.72. The van der Waals surface area contributed by atoms with Crippen molar-refractivity contribution >= 4 is 17.7 Å². The van der Waals surface area contributed by atoms with E-state index in [0.717, 1.165) is 13.1 Å². The zero-order valence-corrected chi connectivity index (χ0v) is 9.73. The van der Waals surface area contributed by atoms with Crippen LogP contribution in [-0.4, -0.2) is 34.4 Å². The molecule has 1 aliphatic rings. The summed E-state index contributed by atoms with van der Waals surface area (Å²) in [5.74, 6) is 0.446. The smallest absolute Gasteiger partial charge is 0.225 e. The molecule has 0 spiro atoms. The van der Waals surface area contributed by atoms with Gasteiger partial charge in [-0.3, -0.25) is 4.79 Å². The van der Waals surface area contributed by atoms with Crippen LogP contribution < -0.4 is 0 Å². The van der Waals surface area contributed by atoms with Crippen LogP contribution in [0.4, 0.5) is 0 Å². The molecule has 1 aliphatic heterocycles. The largest absolute Gasteiger partial charge is 0.340 e. The molecular weight excluding hydrogens is 182 g/mol. The van der Waals surface area contributed by atoms with E-state index >= 15 is 0 Å². The maximum absolute atomic E-state index is 11.7. The van der Waals surface area contributed by atoms with Crippen LogP contribution in [0, 0.1) is 5.92 Å². The second-order valence-electron chi connectivity index (χ2n) is 4.16. The van der Waals surface area contributed by atoms with Crippen molar-refractivity contribution in [1.29, 1.82) is 0 Å². The minimum atomic E-state index is 0.141. The standard InChI is InChI=1S/C10H19NOS/c1-7(2)10(12)11-5-8(3)13-9(4)6-11/h7-9H,5-6H2,1-4H3. The van der Waals surface area contributed by atoms with Gasteiger partial charge in [0.05, 0.1) is 0 Å². The molecule has 0 radical (unpaired) electrons. The monoisotopic (exact) mass is 201 g/mol. The minimum Gasteiger partial charge on any atom is -0.340 e. The summed E-state index contributed by atoms with van der Waals surface area (Å²) in [6, 6.07) is 0. The number of carbonyl (C=O) groups is 1. The molecule has 13 heavy (non-hydrogen) atoms. The molecule has 0 aromatic heterocycles. The van der Waals surface area contributed by atoms with Gasteiger partial charge in [0.2, 0.25) is 5.91 Å². The molecule has 76 valence electrons. The number of hydrogen-bond acceptors (Lipinski definition) is 2. The Morgan fingerprint density at radius 1 is 1.31 bits per heavy atom. The number of carbonyl (C=O) groups excluding carboxylic acids is 1. The highest BCUT2D eigenvalue weighted by atomic mass is 32.2. The molecule has 0 aliphatic carbocycles. The van der Waals surface area contributed by atoms with Gasteiger partial charge < -0.3 is 4.90 Å². The van der Waals surface area contributed by atoms with E-state index < -0.39 is 0 Å². The quantitative estimate of drug-likeness (QED) is 0.646. The third kappa shape index (κ3) is 2.90. The van der Waals surface area contributed by atoms with Crippen molar-refractivity contribution in [3.05, 3.63) is 0 Å². The van der Waals surface area contributed by atoms with E-state index in [1.54, 1.807) is 0 Å². The van der Waals surface area contributed by atoms with Crippen LogP contribution in [-0.2, 0) is 4.79 Å². The molecule has 1 heterocycles. The molecule has 1 fully saturated rings. The van der Waals surface area contributed by atoms with Gasteiger partial charge in [-0.05, 0) is 0 Å². The van der Waals surface area contributed by atoms with Gasteiger partial charge in [0, 0.05) is 29.5 Å². The number of thioether (sulfide) groups is 1. The topological polar surface area (TPSA) is 20.3 Å². The lowest BCUT2D eigenvalue weighted by Gasteiger charge is -2.35. The molecule has 2 unspecified atom stereocenters. The van der Waals surface area contributed by atoms with Gasteiger partial charge in [-0.25, -0.2) is 0 Å². The van der Waals surface area contributed by atoms with Gasteiger partial charge in [0.15, 0.2) is 0 Å². The van der Waals surface area contributed by atoms with Crippen molar-refractivity contribution in [2.75, 3.05) is 13.1 Å². The van der Waals surface area contributed by atoms with Crippen LogP contribution >= 0.6 is 11.8 Å². The maximum Gasteiger partial charge on any atom is 0.225 e. The maximum atomic E-state index is 11.7. The Morgan fingerprint density at radius 3 is 2.15 bits per heavy atom. The van der Waals surface area contributed by atoms with Crippen molar-refractivity contribution in [3.8, 4) is 0 Å². The number of amides is 1. The first kappa shape index (κ1) is 10.9. The normalized spacial score (nSPS) is 29.5. The summed E-state index contributed by atoms with van der Waals surface area (Å²) in [5, 5.41) is 1.18. The van der Waals surface area contributed by atoms with Crippen LogP contribution in [0.5, 0.6) is 0 Å². The Balaban J connectivity index is 2.55. The average molecular weight is 201 g/mol. The minimum absolute atomic E-state index is 0.141. The molecule has 2 atom stereocenters. The zero-order valence-electron chi connectivity index (χ0n) is 8.91. The van der Waals surface area contributed by atoms with Crippen LogP contribution in [0.2, 0.25) is 0 Å². The van der Waals surface area contributed by atoms with Gasteiger partial charge in [-0.15, -0.1) is 0 Å². The summed E-state index contributed by atoms with van der Waals surface area (Å²) in [7, 11) is 0. The molecule has 1 saturated heterocycles. The van der Waals surface area contributed by atoms with Crippen molar-refractivity contribution in [1.82, 2.24) is 4.90 Å². The first-order valence-corrected chi connectivity index (χ1v) is 5.89. The van der Waals surface area contributed by atoms with Gasteiger partial charge in [-0.1, -0.05) is 27.7 Å². The highest BCUT2D eigenvalue weighted by molar-refractivity contribution is 8.00. The first-order valence-electron chi connectivity index (χ1n) is 4.95. The van der Waals surface area contributed by atoms with E-state index in [2.05, 4.69) is 13.8 Å². The predicted octanol–water partition coefficient (Wildman–Crippen LogP) is 1.99. The predicted molar refractivity (Wildman–Crippen MR) is 57.9 cm³/mol. The van der Waals surface area contributed by atoms with E-state index in [1.807, 2.05) is 30.5 Å². The fraction of sp³-hybridized carbons (Fsp3) is 0.900. The first-order chi connectivity index (χ1) is 6.00. The summed E-state index contributed by atoms with van der Waals surface area (Å²) in [6.45, 7) is 10.2. The van der Waals surface area contributed by atoms with Crippen molar-refractivity contribution in [2.24, 2.45) is 5.92 Å². The number of hydrogen-bond donors (Lipinski definition) is 0. The third-order valence-electron chi connectivity index (χ3n) is 2.23. The van der Waals surface area contributed by atoms with E-state index in [-0.39, 0.29) is 5.92 Å². The zero-order chi connectivity index (χ0) is 10.0. The van der Waals surface area contributed by atoms with Crippen molar-refractivity contribution < 1.29 is 4.79 Å². The lowest BCUT2D eigenvalue weighted by atomic mass is 10.1. The molecule has 2 nitrogen and oxygen atoms in total. The molecular formula is C10H19NOS. The second-order valence-corrected chi connectivity index (χ2v) is 6.04. The Hall–Kier alpha value is -0.180. The molecule has 1 rings (SSSR count). The van der Waals surface area contributed by atoms with Gasteiger partial charge in [0.25, 0.3) is 0 Å². The molecule has 0 saturated carbocycles. The van der Waals surface area contributed by atoms with E-state index in [9.17, 15) is 4.79 Å². The molecule has 1 amide bonds. The Kier molecular flexibility index (Phi) is 3.65. The van der Waals surface area contributed by atoms with Crippen LogP contribution in [0.15, 0.2) is 0 Å². The fourth-order valence-corrected chi connectivity index (χ4v) is 3.05. The molecule has 0 aromatic carbocycles. The summed E-state index contributed by atoms with van der Waals surface area (Å²) in [5.41, 5.74) is 0. The average Bonchev–Trinajstić information content (AvgIpc) is 2.01. The van der Waals surface area contributed by atoms with Crippen molar-refractivity contribution in [3.63, 3.8) is 0 Å².